The number of benzene rings is 10. The minimum absolute atomic E-state index is 1.08. The molecule has 0 N–H and O–H groups in total. The van der Waals surface area contributed by atoms with Crippen molar-refractivity contribution < 1.29 is 0 Å². The third-order valence-corrected chi connectivity index (χ3v) is 11.7. The molecule has 0 aliphatic carbocycles. The van der Waals surface area contributed by atoms with Crippen molar-refractivity contribution in [3.8, 4) is 50.2 Å². The lowest BCUT2D eigenvalue weighted by Crippen LogP contribution is -2.12. The highest BCUT2D eigenvalue weighted by atomic mass is 15.2. The molecule has 2 nitrogen and oxygen atoms in total. The first-order chi connectivity index (χ1) is 29.8. The summed E-state index contributed by atoms with van der Waals surface area (Å²) >= 11 is 0. The zero-order chi connectivity index (χ0) is 39.8. The average Bonchev–Trinajstić information content (AvgIpc) is 3.68. The van der Waals surface area contributed by atoms with Gasteiger partial charge in [-0.1, -0.05) is 182 Å². The summed E-state index contributed by atoms with van der Waals surface area (Å²) in [6, 6.07) is 88.1. The lowest BCUT2D eigenvalue weighted by Gasteiger charge is -2.30. The van der Waals surface area contributed by atoms with Crippen molar-refractivity contribution in [2.75, 3.05) is 4.90 Å². The molecule has 1 heterocycles. The molecule has 0 aliphatic rings. The Morgan fingerprint density at radius 3 is 1.55 bits per heavy atom. The highest BCUT2D eigenvalue weighted by Gasteiger charge is 2.25. The number of anilines is 3. The molecule has 0 atom stereocenters. The van der Waals surface area contributed by atoms with Crippen molar-refractivity contribution in [3.63, 3.8) is 0 Å². The van der Waals surface area contributed by atoms with Crippen LogP contribution in [0.15, 0.2) is 243 Å². The van der Waals surface area contributed by atoms with Crippen molar-refractivity contribution in [3.05, 3.63) is 243 Å². The van der Waals surface area contributed by atoms with Crippen molar-refractivity contribution >= 4 is 49.6 Å². The molecule has 282 valence electrons. The lowest BCUT2D eigenvalue weighted by atomic mass is 9.92. The Morgan fingerprint density at radius 1 is 0.300 bits per heavy atom. The first-order valence-electron chi connectivity index (χ1n) is 20.6. The van der Waals surface area contributed by atoms with Gasteiger partial charge in [-0.3, -0.25) is 0 Å². The van der Waals surface area contributed by atoms with Gasteiger partial charge in [-0.05, 0) is 110 Å². The molecule has 11 rings (SSSR count). The van der Waals surface area contributed by atoms with Gasteiger partial charge >= 0.3 is 0 Å². The molecule has 11 aromatic rings. The van der Waals surface area contributed by atoms with Crippen LogP contribution in [0.1, 0.15) is 0 Å². The Balaban J connectivity index is 1.25. The zero-order valence-electron chi connectivity index (χ0n) is 33.0. The summed E-state index contributed by atoms with van der Waals surface area (Å²) < 4.78 is 2.41. The summed E-state index contributed by atoms with van der Waals surface area (Å²) in [5.74, 6) is 0. The van der Waals surface area contributed by atoms with Gasteiger partial charge in [0.05, 0.1) is 22.4 Å². The molecule has 0 fully saturated rings. The van der Waals surface area contributed by atoms with Gasteiger partial charge in [0, 0.05) is 27.7 Å². The second kappa shape index (κ2) is 15.1. The average molecular weight is 765 g/mol. The number of nitrogens with zero attached hydrogens (tertiary/aromatic N) is 2. The van der Waals surface area contributed by atoms with E-state index in [0.29, 0.717) is 0 Å². The third kappa shape index (κ3) is 6.23. The minimum atomic E-state index is 1.08. The number of aromatic nitrogens is 1. The van der Waals surface area contributed by atoms with Crippen LogP contribution >= 0.6 is 0 Å². The molecule has 60 heavy (non-hydrogen) atoms. The predicted molar refractivity (Wildman–Crippen MR) is 255 cm³/mol. The van der Waals surface area contributed by atoms with Crippen LogP contribution in [0, 0.1) is 0 Å². The number of para-hydroxylation sites is 2. The number of rotatable bonds is 8. The van der Waals surface area contributed by atoms with Crippen molar-refractivity contribution in [1.29, 1.82) is 0 Å². The quantitative estimate of drug-likeness (QED) is 0.150. The van der Waals surface area contributed by atoms with E-state index in [1.165, 1.54) is 49.3 Å². The summed E-state index contributed by atoms with van der Waals surface area (Å²) in [6.07, 6.45) is 0. The normalized spacial score (nSPS) is 11.3. The molecule has 1 aromatic heterocycles. The second-order valence-electron chi connectivity index (χ2n) is 15.3. The third-order valence-electron chi connectivity index (χ3n) is 11.7. The Kier molecular flexibility index (Phi) is 8.87. The van der Waals surface area contributed by atoms with Crippen molar-refractivity contribution in [2.45, 2.75) is 0 Å². The van der Waals surface area contributed by atoms with E-state index in [9.17, 15) is 0 Å². The monoisotopic (exact) mass is 764 g/mol. The van der Waals surface area contributed by atoms with E-state index in [1.54, 1.807) is 0 Å². The molecule has 2 heteroatoms. The summed E-state index contributed by atoms with van der Waals surface area (Å²) in [5, 5.41) is 4.87. The molecule has 0 bridgehead atoms. The van der Waals surface area contributed by atoms with E-state index in [1.807, 2.05) is 0 Å². The zero-order valence-corrected chi connectivity index (χ0v) is 33.0. The van der Waals surface area contributed by atoms with E-state index < -0.39 is 0 Å². The molecule has 0 spiro atoms. The Hall–Kier alpha value is -7.94. The lowest BCUT2D eigenvalue weighted by molar-refractivity contribution is 1.18. The fourth-order valence-electron chi connectivity index (χ4n) is 9.01. The van der Waals surface area contributed by atoms with Crippen LogP contribution in [0.3, 0.4) is 0 Å². The molecule has 0 radical (unpaired) electrons. The summed E-state index contributed by atoms with van der Waals surface area (Å²) in [7, 11) is 0. The van der Waals surface area contributed by atoms with Crippen LogP contribution in [0.25, 0.3) is 82.8 Å². The molecule has 0 saturated carbocycles. The van der Waals surface area contributed by atoms with Gasteiger partial charge < -0.3 is 9.47 Å². The Morgan fingerprint density at radius 2 is 0.850 bits per heavy atom. The van der Waals surface area contributed by atoms with E-state index in [0.717, 1.165) is 50.5 Å². The maximum atomic E-state index is 2.51. The highest BCUT2D eigenvalue weighted by Crippen LogP contribution is 2.49. The molecule has 0 unspecified atom stereocenters. The van der Waals surface area contributed by atoms with Crippen LogP contribution in [-0.2, 0) is 0 Å². The topological polar surface area (TPSA) is 8.17 Å². The van der Waals surface area contributed by atoms with Crippen LogP contribution in [-0.4, -0.2) is 4.57 Å². The number of hydrogen-bond acceptors (Lipinski definition) is 1. The Labute approximate surface area is 350 Å². The number of fused-ring (bicyclic) bond motifs is 4. The molecular weight excluding hydrogens is 725 g/mol. The number of hydrogen-bond donors (Lipinski definition) is 0. The van der Waals surface area contributed by atoms with Gasteiger partial charge in [0.15, 0.2) is 0 Å². The SMILES string of the molecule is c1ccc(-c2cc(-c3ccccc3)cc(N(c3ccc(-c4cccc5ccccc45)cc3-c3ccccc3)c3cccc4c3c3ccccc3n4-c3ccccc3)c2)cc1. The summed E-state index contributed by atoms with van der Waals surface area (Å²) in [4.78, 5) is 2.51. The Bertz CT molecular complexity index is 3230. The van der Waals surface area contributed by atoms with Crippen LogP contribution in [0.2, 0.25) is 0 Å². The second-order valence-corrected chi connectivity index (χ2v) is 15.3. The van der Waals surface area contributed by atoms with E-state index in [4.69, 9.17) is 0 Å². The smallest absolute Gasteiger partial charge is 0.0562 e. The fraction of sp³-hybridized carbons (Fsp3) is 0. The standard InChI is InChI=1S/C58H40N2/c1-5-19-41(20-6-1)46-37-47(42-21-7-2-8-22-42)39-49(38-46)60(57-34-18-33-56-58(57)52-30-15-16-32-54(52)59(56)48-27-11-4-12-28-48)55-36-35-45(40-53(55)44-23-9-3-10-24-44)51-31-17-26-43-25-13-14-29-50(43)51/h1-40H. The first-order valence-corrected chi connectivity index (χ1v) is 20.6. The molecule has 10 aromatic carbocycles. The molecular formula is C58H40N2. The molecule has 0 saturated heterocycles. The van der Waals surface area contributed by atoms with Crippen LogP contribution < -0.4 is 4.90 Å². The summed E-state index contributed by atoms with van der Waals surface area (Å²) in [6.45, 7) is 0. The van der Waals surface area contributed by atoms with Crippen molar-refractivity contribution in [1.82, 2.24) is 4.57 Å². The van der Waals surface area contributed by atoms with E-state index >= 15 is 0 Å². The maximum absolute atomic E-state index is 2.51. The van der Waals surface area contributed by atoms with Crippen LogP contribution in [0.5, 0.6) is 0 Å². The largest absolute Gasteiger partial charge is 0.309 e. The van der Waals surface area contributed by atoms with Gasteiger partial charge in [0.2, 0.25) is 0 Å². The van der Waals surface area contributed by atoms with Crippen LogP contribution in [0.4, 0.5) is 17.1 Å². The van der Waals surface area contributed by atoms with E-state index in [-0.39, 0.29) is 0 Å². The maximum Gasteiger partial charge on any atom is 0.0562 e. The van der Waals surface area contributed by atoms with Gasteiger partial charge in [0.25, 0.3) is 0 Å². The van der Waals surface area contributed by atoms with Gasteiger partial charge in [-0.25, -0.2) is 0 Å². The van der Waals surface area contributed by atoms with Gasteiger partial charge in [0.1, 0.15) is 0 Å². The highest BCUT2D eigenvalue weighted by molar-refractivity contribution is 6.17. The molecule has 0 aliphatic heterocycles. The summed E-state index contributed by atoms with van der Waals surface area (Å²) in [5.41, 5.74) is 16.1. The first kappa shape index (κ1) is 35.2. The minimum Gasteiger partial charge on any atom is -0.309 e. The fourth-order valence-corrected chi connectivity index (χ4v) is 9.01. The van der Waals surface area contributed by atoms with E-state index in [2.05, 4.69) is 252 Å². The van der Waals surface area contributed by atoms with Gasteiger partial charge in [-0.15, -0.1) is 0 Å². The predicted octanol–water partition coefficient (Wildman–Crippen LogP) is 16.1. The van der Waals surface area contributed by atoms with Crippen molar-refractivity contribution in [2.24, 2.45) is 0 Å². The molecule has 0 amide bonds. The van der Waals surface area contributed by atoms with Gasteiger partial charge in [-0.2, -0.15) is 0 Å².